The molecule has 2 N–H and O–H groups in total. The van der Waals surface area contributed by atoms with Crippen LogP contribution in [0.15, 0.2) is 12.1 Å². The maximum atomic E-state index is 14.3. The van der Waals surface area contributed by atoms with Crippen molar-refractivity contribution in [3.63, 3.8) is 0 Å². The van der Waals surface area contributed by atoms with Crippen molar-refractivity contribution in [2.24, 2.45) is 0 Å². The molecule has 2 heterocycles. The van der Waals surface area contributed by atoms with Gasteiger partial charge in [-0.05, 0) is 44.0 Å². The quantitative estimate of drug-likeness (QED) is 0.871. The van der Waals surface area contributed by atoms with Crippen LogP contribution in [0.1, 0.15) is 35.2 Å². The van der Waals surface area contributed by atoms with Crippen molar-refractivity contribution in [2.45, 2.75) is 31.7 Å². The summed E-state index contributed by atoms with van der Waals surface area (Å²) in [5.41, 5.74) is 1.41. The number of amides is 2. The summed E-state index contributed by atoms with van der Waals surface area (Å²) in [6.45, 7) is 1.26. The van der Waals surface area contributed by atoms with Gasteiger partial charge in [-0.1, -0.05) is 0 Å². The number of carbonyl (C=O) groups is 2. The van der Waals surface area contributed by atoms with E-state index in [1.807, 2.05) is 7.05 Å². The highest BCUT2D eigenvalue weighted by molar-refractivity contribution is 5.98. The van der Waals surface area contributed by atoms with Crippen LogP contribution in [0, 0.1) is 5.82 Å². The van der Waals surface area contributed by atoms with Crippen LogP contribution in [-0.2, 0) is 11.2 Å². The number of likely N-dealkylation sites (N-methyl/N-ethyl adjacent to an activating group) is 1. The molecule has 1 atom stereocenters. The van der Waals surface area contributed by atoms with Crippen LogP contribution in [0.25, 0.3) is 0 Å². The molecule has 2 aliphatic heterocycles. The maximum absolute atomic E-state index is 14.3. The number of benzene rings is 1. The molecule has 0 aliphatic carbocycles. The molecule has 1 aromatic carbocycles. The van der Waals surface area contributed by atoms with Crippen LogP contribution >= 0.6 is 0 Å². The van der Waals surface area contributed by atoms with Crippen LogP contribution in [0.4, 0.5) is 10.1 Å². The number of nitrogens with zero attached hydrogens (tertiary/aromatic N) is 1. The molecule has 5 nitrogen and oxygen atoms in total. The Balaban J connectivity index is 1.85. The van der Waals surface area contributed by atoms with Gasteiger partial charge in [0.15, 0.2) is 0 Å². The molecule has 1 aromatic rings. The average molecular weight is 305 g/mol. The number of hydrogen-bond donors (Lipinski definition) is 2. The van der Waals surface area contributed by atoms with Crippen LogP contribution < -0.4 is 10.6 Å². The minimum absolute atomic E-state index is 0.103. The number of fused-ring (bicyclic) bond motifs is 1. The average Bonchev–Trinajstić information content (AvgIpc) is 2.53. The first-order chi connectivity index (χ1) is 10.6. The Bertz CT molecular complexity index is 618. The predicted molar refractivity (Wildman–Crippen MR) is 81.3 cm³/mol. The minimum Gasteiger partial charge on any atom is -0.337 e. The zero-order valence-corrected chi connectivity index (χ0v) is 12.6. The molecular formula is C16H20FN3O2. The highest BCUT2D eigenvalue weighted by Gasteiger charge is 2.27. The number of carbonyl (C=O) groups excluding carboxylic acids is 2. The summed E-state index contributed by atoms with van der Waals surface area (Å²) in [4.78, 5) is 25.7. The second kappa shape index (κ2) is 6.04. The van der Waals surface area contributed by atoms with Crippen LogP contribution in [0.2, 0.25) is 0 Å². The summed E-state index contributed by atoms with van der Waals surface area (Å²) >= 11 is 0. The molecule has 0 radical (unpaired) electrons. The van der Waals surface area contributed by atoms with E-state index >= 15 is 0 Å². The molecule has 2 aliphatic rings. The molecule has 0 aromatic heterocycles. The lowest BCUT2D eigenvalue weighted by molar-refractivity contribution is -0.116. The fraction of sp³-hybridized carbons (Fsp3) is 0.500. The Morgan fingerprint density at radius 3 is 3.00 bits per heavy atom. The molecular weight excluding hydrogens is 285 g/mol. The second-order valence-corrected chi connectivity index (χ2v) is 5.92. The van der Waals surface area contributed by atoms with E-state index in [0.717, 1.165) is 18.4 Å². The Hall–Kier alpha value is -1.95. The molecule has 1 saturated heterocycles. The van der Waals surface area contributed by atoms with Crippen molar-refractivity contribution in [1.82, 2.24) is 10.2 Å². The lowest BCUT2D eigenvalue weighted by Crippen LogP contribution is -2.47. The third-order valence-corrected chi connectivity index (χ3v) is 4.44. The number of aryl methyl sites for hydroxylation is 1. The maximum Gasteiger partial charge on any atom is 0.256 e. The van der Waals surface area contributed by atoms with E-state index in [1.54, 1.807) is 11.0 Å². The number of halogens is 1. The zero-order chi connectivity index (χ0) is 15.7. The van der Waals surface area contributed by atoms with Gasteiger partial charge >= 0.3 is 0 Å². The molecule has 0 bridgehead atoms. The van der Waals surface area contributed by atoms with Crippen molar-refractivity contribution >= 4 is 17.5 Å². The Labute approximate surface area is 128 Å². The van der Waals surface area contributed by atoms with Crippen molar-refractivity contribution < 1.29 is 14.0 Å². The van der Waals surface area contributed by atoms with Crippen molar-refractivity contribution in [3.05, 3.63) is 29.1 Å². The van der Waals surface area contributed by atoms with E-state index in [0.29, 0.717) is 31.6 Å². The Kier molecular flexibility index (Phi) is 4.11. The standard InChI is InChI=1S/C16H20FN3O2/c1-18-11-3-2-6-20(9-11)16(22)12-7-10-4-5-15(21)19-14(10)8-13(12)17/h7-8,11,18H,2-6,9H2,1H3,(H,19,21). The molecule has 0 spiro atoms. The van der Waals surface area contributed by atoms with Gasteiger partial charge in [-0.2, -0.15) is 0 Å². The van der Waals surface area contributed by atoms with Crippen LogP contribution in [0.3, 0.4) is 0 Å². The van der Waals surface area contributed by atoms with Crippen LogP contribution in [0.5, 0.6) is 0 Å². The van der Waals surface area contributed by atoms with Gasteiger partial charge in [-0.25, -0.2) is 4.39 Å². The largest absolute Gasteiger partial charge is 0.337 e. The summed E-state index contributed by atoms with van der Waals surface area (Å²) in [5, 5.41) is 5.82. The zero-order valence-electron chi connectivity index (χ0n) is 12.6. The normalized spacial score (nSPS) is 21.3. The first kappa shape index (κ1) is 15.0. The third kappa shape index (κ3) is 2.83. The van der Waals surface area contributed by atoms with Gasteiger partial charge in [0.2, 0.25) is 5.91 Å². The molecule has 3 rings (SSSR count). The molecule has 2 amide bonds. The number of likely N-dealkylation sites (tertiary alicyclic amines) is 1. The number of nitrogens with one attached hydrogen (secondary N) is 2. The molecule has 1 unspecified atom stereocenters. The number of piperidine rings is 1. The minimum atomic E-state index is -0.572. The molecule has 6 heteroatoms. The molecule has 1 fully saturated rings. The second-order valence-electron chi connectivity index (χ2n) is 5.92. The first-order valence-corrected chi connectivity index (χ1v) is 7.67. The van der Waals surface area contributed by atoms with E-state index in [1.165, 1.54) is 6.07 Å². The molecule has 0 saturated carbocycles. The lowest BCUT2D eigenvalue weighted by Gasteiger charge is -2.33. The third-order valence-electron chi connectivity index (χ3n) is 4.44. The fourth-order valence-electron chi connectivity index (χ4n) is 3.13. The van der Waals surface area contributed by atoms with Gasteiger partial charge < -0.3 is 15.5 Å². The predicted octanol–water partition coefficient (Wildman–Crippen LogP) is 1.53. The van der Waals surface area contributed by atoms with Crippen molar-refractivity contribution in [2.75, 3.05) is 25.5 Å². The molecule has 118 valence electrons. The van der Waals surface area contributed by atoms with Gasteiger partial charge in [0.05, 0.1) is 5.56 Å². The number of rotatable bonds is 2. The summed E-state index contributed by atoms with van der Waals surface area (Å²) in [6.07, 6.45) is 2.86. The smallest absolute Gasteiger partial charge is 0.256 e. The van der Waals surface area contributed by atoms with E-state index < -0.39 is 5.82 Å². The highest BCUT2D eigenvalue weighted by atomic mass is 19.1. The Morgan fingerprint density at radius 2 is 2.23 bits per heavy atom. The van der Waals surface area contributed by atoms with E-state index in [2.05, 4.69) is 10.6 Å². The van der Waals surface area contributed by atoms with Gasteiger partial charge in [0, 0.05) is 31.2 Å². The SMILES string of the molecule is CNC1CCCN(C(=O)c2cc3c(cc2F)NC(=O)CC3)C1. The van der Waals surface area contributed by atoms with Gasteiger partial charge in [0.1, 0.15) is 5.82 Å². The van der Waals surface area contributed by atoms with Crippen molar-refractivity contribution in [1.29, 1.82) is 0 Å². The van der Waals surface area contributed by atoms with Crippen LogP contribution in [-0.4, -0.2) is 42.9 Å². The summed E-state index contributed by atoms with van der Waals surface area (Å²) in [5.74, 6) is -0.950. The summed E-state index contributed by atoms with van der Waals surface area (Å²) in [7, 11) is 1.88. The number of anilines is 1. The summed E-state index contributed by atoms with van der Waals surface area (Å²) in [6, 6.07) is 3.12. The Morgan fingerprint density at radius 1 is 1.41 bits per heavy atom. The monoisotopic (exact) mass is 305 g/mol. The van der Waals surface area contributed by atoms with Crippen molar-refractivity contribution in [3.8, 4) is 0 Å². The topological polar surface area (TPSA) is 61.4 Å². The fourth-order valence-corrected chi connectivity index (χ4v) is 3.13. The first-order valence-electron chi connectivity index (χ1n) is 7.67. The van der Waals surface area contributed by atoms with E-state index in [9.17, 15) is 14.0 Å². The van der Waals surface area contributed by atoms with Gasteiger partial charge in [0.25, 0.3) is 5.91 Å². The van der Waals surface area contributed by atoms with Gasteiger partial charge in [-0.15, -0.1) is 0 Å². The van der Waals surface area contributed by atoms with E-state index in [4.69, 9.17) is 0 Å². The lowest BCUT2D eigenvalue weighted by atomic mass is 9.98. The highest BCUT2D eigenvalue weighted by Crippen LogP contribution is 2.27. The van der Waals surface area contributed by atoms with Gasteiger partial charge in [-0.3, -0.25) is 9.59 Å². The summed E-state index contributed by atoms with van der Waals surface area (Å²) < 4.78 is 14.3. The van der Waals surface area contributed by atoms with E-state index in [-0.39, 0.29) is 23.4 Å². The number of hydrogen-bond acceptors (Lipinski definition) is 3. The molecule has 22 heavy (non-hydrogen) atoms.